The van der Waals surface area contributed by atoms with Gasteiger partial charge in [0.2, 0.25) is 5.95 Å². The summed E-state index contributed by atoms with van der Waals surface area (Å²) in [4.78, 5) is 24.7. The Balaban J connectivity index is 1.57. The molecule has 0 N–H and O–H groups in total. The van der Waals surface area contributed by atoms with Gasteiger partial charge in [-0.3, -0.25) is 24.1 Å². The lowest BCUT2D eigenvalue weighted by Crippen LogP contribution is -2.48. The van der Waals surface area contributed by atoms with Gasteiger partial charge in [-0.1, -0.05) is 12.1 Å². The summed E-state index contributed by atoms with van der Waals surface area (Å²) in [6.07, 6.45) is 1.07. The lowest BCUT2D eigenvalue weighted by Gasteiger charge is -2.38. The largest absolute Gasteiger partial charge is 0.379 e. The Hall–Kier alpha value is -2.22. The molecule has 0 saturated carbocycles. The molecule has 1 aromatic carbocycles. The number of benzene rings is 1. The first-order valence-corrected chi connectivity index (χ1v) is 10.5. The fraction of sp³-hybridized carbons (Fsp3) is 0.545. The van der Waals surface area contributed by atoms with Gasteiger partial charge in [-0.25, -0.2) is 4.98 Å². The summed E-state index contributed by atoms with van der Waals surface area (Å²) in [5.74, 6) is 0.744. The fourth-order valence-corrected chi connectivity index (χ4v) is 4.06. The highest BCUT2D eigenvalue weighted by Gasteiger charge is 2.27. The van der Waals surface area contributed by atoms with Crippen LogP contribution in [0, 0.1) is 20.8 Å². The van der Waals surface area contributed by atoms with Crippen LogP contribution in [-0.2, 0) is 11.4 Å². The van der Waals surface area contributed by atoms with E-state index in [2.05, 4.69) is 45.9 Å². The smallest absolute Gasteiger partial charge is 0.259 e. The molecule has 2 aromatic rings. The first kappa shape index (κ1) is 20.1. The molecule has 156 valence electrons. The minimum atomic E-state index is 0.0584. The molecule has 0 radical (unpaired) electrons. The molecule has 1 saturated heterocycles. The summed E-state index contributed by atoms with van der Waals surface area (Å²) < 4.78 is 7.26. The second kappa shape index (κ2) is 8.65. The van der Waals surface area contributed by atoms with E-state index in [4.69, 9.17) is 9.72 Å². The summed E-state index contributed by atoms with van der Waals surface area (Å²) >= 11 is 0. The Morgan fingerprint density at radius 1 is 1.03 bits per heavy atom. The molecule has 0 bridgehead atoms. The molecule has 3 heterocycles. The molecule has 29 heavy (non-hydrogen) atoms. The van der Waals surface area contributed by atoms with Crippen molar-refractivity contribution in [3.05, 3.63) is 51.4 Å². The van der Waals surface area contributed by atoms with Crippen LogP contribution in [0.3, 0.4) is 0 Å². The molecule has 1 aromatic heterocycles. The van der Waals surface area contributed by atoms with E-state index in [0.29, 0.717) is 6.67 Å². The number of morpholine rings is 1. The van der Waals surface area contributed by atoms with Crippen molar-refractivity contribution >= 4 is 11.6 Å². The molecule has 0 amide bonds. The lowest BCUT2D eigenvalue weighted by molar-refractivity contribution is 0.0354. The molecular formula is C22H31N5O2. The fourth-order valence-electron chi connectivity index (χ4n) is 4.06. The van der Waals surface area contributed by atoms with E-state index >= 15 is 0 Å². The topological polar surface area (TPSA) is 53.8 Å². The molecule has 0 spiro atoms. The van der Waals surface area contributed by atoms with Crippen molar-refractivity contribution in [1.82, 2.24) is 19.4 Å². The Morgan fingerprint density at radius 3 is 2.55 bits per heavy atom. The van der Waals surface area contributed by atoms with E-state index in [0.717, 1.165) is 75.4 Å². The van der Waals surface area contributed by atoms with Gasteiger partial charge in [-0.15, -0.1) is 0 Å². The van der Waals surface area contributed by atoms with Crippen molar-refractivity contribution in [2.45, 2.75) is 33.9 Å². The van der Waals surface area contributed by atoms with Gasteiger partial charge in [-0.2, -0.15) is 0 Å². The zero-order valence-corrected chi connectivity index (χ0v) is 17.7. The molecule has 0 unspecified atom stereocenters. The summed E-state index contributed by atoms with van der Waals surface area (Å²) in [5.41, 5.74) is 3.87. The molecular weight excluding hydrogens is 366 g/mol. The molecule has 2 aliphatic rings. The summed E-state index contributed by atoms with van der Waals surface area (Å²) in [6, 6.07) is 8.40. The van der Waals surface area contributed by atoms with Gasteiger partial charge in [0.15, 0.2) is 0 Å². The normalized spacial score (nSPS) is 18.1. The molecule has 1 fully saturated rings. The predicted octanol–water partition coefficient (Wildman–Crippen LogP) is 2.26. The van der Waals surface area contributed by atoms with Crippen molar-refractivity contribution in [2.75, 3.05) is 51.0 Å². The van der Waals surface area contributed by atoms with Gasteiger partial charge in [-0.05, 0) is 51.4 Å². The van der Waals surface area contributed by atoms with Crippen LogP contribution < -0.4 is 10.5 Å². The average molecular weight is 398 g/mol. The molecule has 4 rings (SSSR count). The van der Waals surface area contributed by atoms with E-state index in [1.807, 2.05) is 18.4 Å². The highest BCUT2D eigenvalue weighted by molar-refractivity contribution is 5.59. The third kappa shape index (κ3) is 4.37. The van der Waals surface area contributed by atoms with Crippen LogP contribution in [0.5, 0.6) is 0 Å². The number of ether oxygens (including phenoxy) is 1. The van der Waals surface area contributed by atoms with Gasteiger partial charge < -0.3 is 4.74 Å². The number of fused-ring (bicyclic) bond motifs is 1. The molecule has 0 aliphatic carbocycles. The standard InChI is InChI=1S/C22H31N5O2/c1-17-6-4-7-20(14-17)26-15-25(9-5-8-24-10-12-29-13-11-24)16-27-21(28)18(2)19(3)23-22(26)27/h4,6-7,14H,5,8-13,15-16H2,1-3H3. The van der Waals surface area contributed by atoms with Crippen LogP contribution in [0.25, 0.3) is 0 Å². The van der Waals surface area contributed by atoms with Crippen LogP contribution in [0.2, 0.25) is 0 Å². The first-order valence-electron chi connectivity index (χ1n) is 10.5. The van der Waals surface area contributed by atoms with Gasteiger partial charge in [0.1, 0.15) is 0 Å². The minimum absolute atomic E-state index is 0.0584. The Morgan fingerprint density at radius 2 is 1.79 bits per heavy atom. The minimum Gasteiger partial charge on any atom is -0.379 e. The van der Waals surface area contributed by atoms with E-state index < -0.39 is 0 Å². The SMILES string of the molecule is Cc1cccc(N2CN(CCCN3CCOCC3)Cn3c2nc(C)c(C)c3=O)c1. The van der Waals surface area contributed by atoms with E-state index in [9.17, 15) is 4.79 Å². The maximum Gasteiger partial charge on any atom is 0.259 e. The molecule has 2 aliphatic heterocycles. The van der Waals surface area contributed by atoms with Gasteiger partial charge >= 0.3 is 0 Å². The maximum atomic E-state index is 13.0. The van der Waals surface area contributed by atoms with Crippen LogP contribution >= 0.6 is 0 Å². The predicted molar refractivity (Wildman–Crippen MR) is 115 cm³/mol. The molecule has 7 nitrogen and oxygen atoms in total. The highest BCUT2D eigenvalue weighted by Crippen LogP contribution is 2.28. The van der Waals surface area contributed by atoms with E-state index in [1.165, 1.54) is 5.56 Å². The summed E-state index contributed by atoms with van der Waals surface area (Å²) in [5, 5.41) is 0. The van der Waals surface area contributed by atoms with Crippen LogP contribution in [0.1, 0.15) is 23.2 Å². The van der Waals surface area contributed by atoms with E-state index in [-0.39, 0.29) is 5.56 Å². The quantitative estimate of drug-likeness (QED) is 0.772. The van der Waals surface area contributed by atoms with Crippen molar-refractivity contribution in [3.63, 3.8) is 0 Å². The van der Waals surface area contributed by atoms with Gasteiger partial charge in [0.25, 0.3) is 5.56 Å². The van der Waals surface area contributed by atoms with Gasteiger partial charge in [0.05, 0.1) is 26.6 Å². The van der Waals surface area contributed by atoms with Crippen molar-refractivity contribution in [2.24, 2.45) is 0 Å². The monoisotopic (exact) mass is 397 g/mol. The van der Waals surface area contributed by atoms with Crippen LogP contribution in [0.15, 0.2) is 29.1 Å². The number of anilines is 2. The Kier molecular flexibility index (Phi) is 5.99. The van der Waals surface area contributed by atoms with Crippen LogP contribution in [0.4, 0.5) is 11.6 Å². The molecule has 0 atom stereocenters. The van der Waals surface area contributed by atoms with Crippen molar-refractivity contribution < 1.29 is 4.74 Å². The molecule has 7 heteroatoms. The number of nitrogens with zero attached hydrogens (tertiary/aromatic N) is 5. The van der Waals surface area contributed by atoms with Gasteiger partial charge in [0, 0.05) is 36.6 Å². The third-order valence-electron chi connectivity index (χ3n) is 5.91. The van der Waals surface area contributed by atoms with Crippen LogP contribution in [-0.4, -0.2) is 65.4 Å². The second-order valence-electron chi connectivity index (χ2n) is 8.11. The van der Waals surface area contributed by atoms with Crippen molar-refractivity contribution in [3.8, 4) is 0 Å². The number of rotatable bonds is 5. The summed E-state index contributed by atoms with van der Waals surface area (Å²) in [7, 11) is 0. The average Bonchev–Trinajstić information content (AvgIpc) is 2.73. The number of hydrogen-bond donors (Lipinski definition) is 0. The zero-order valence-electron chi connectivity index (χ0n) is 17.7. The zero-order chi connectivity index (χ0) is 20.4. The third-order valence-corrected chi connectivity index (χ3v) is 5.91. The number of hydrogen-bond acceptors (Lipinski definition) is 6. The Bertz CT molecular complexity index is 920. The summed E-state index contributed by atoms with van der Waals surface area (Å²) in [6.45, 7) is 12.9. The Labute approximate surface area is 172 Å². The first-order chi connectivity index (χ1) is 14.0. The lowest BCUT2D eigenvalue weighted by atomic mass is 10.2. The van der Waals surface area contributed by atoms with E-state index in [1.54, 1.807) is 0 Å². The highest BCUT2D eigenvalue weighted by atomic mass is 16.5. The number of aromatic nitrogens is 2. The second-order valence-corrected chi connectivity index (χ2v) is 8.11. The maximum absolute atomic E-state index is 13.0. The number of aryl methyl sites for hydroxylation is 2. The van der Waals surface area contributed by atoms with Crippen molar-refractivity contribution in [1.29, 1.82) is 0 Å².